The van der Waals surface area contributed by atoms with E-state index < -0.39 is 17.5 Å². The van der Waals surface area contributed by atoms with E-state index in [4.69, 9.17) is 5.11 Å². The molecule has 0 atom stereocenters. The summed E-state index contributed by atoms with van der Waals surface area (Å²) in [6.07, 6.45) is 0. The molecule has 0 aliphatic carbocycles. The highest BCUT2D eigenvalue weighted by molar-refractivity contribution is 6.12. The molecule has 0 saturated carbocycles. The van der Waals surface area contributed by atoms with Crippen LogP contribution in [0.1, 0.15) is 0 Å². The summed E-state index contributed by atoms with van der Waals surface area (Å²) in [5.41, 5.74) is -0.683. The van der Waals surface area contributed by atoms with Crippen LogP contribution in [0.15, 0.2) is 12.2 Å². The fraction of sp³-hybridized carbons (Fsp3) is 0. The Balaban J connectivity index is 4.05. The van der Waals surface area contributed by atoms with Crippen molar-refractivity contribution in [1.29, 1.82) is 0 Å². The molecule has 0 aromatic heterocycles. The van der Waals surface area contributed by atoms with Crippen molar-refractivity contribution in [1.82, 2.24) is 0 Å². The minimum atomic E-state index is -1.44. The lowest BCUT2D eigenvalue weighted by atomic mass is 10.3. The maximum absolute atomic E-state index is 10.1. The number of rotatable bonds is 2. The van der Waals surface area contributed by atoms with Gasteiger partial charge in [0.2, 0.25) is 0 Å². The topological polar surface area (TPSA) is 89.6 Å². The van der Waals surface area contributed by atoms with E-state index in [1.807, 2.05) is 0 Å². The molecule has 0 heterocycles. The SMILES string of the molecule is C=C(C(=O)O)C(=O)ON. The van der Waals surface area contributed by atoms with Crippen LogP contribution < -0.4 is 5.90 Å². The van der Waals surface area contributed by atoms with Gasteiger partial charge in [-0.1, -0.05) is 6.58 Å². The molecule has 0 radical (unpaired) electrons. The Morgan fingerprint density at radius 1 is 1.56 bits per heavy atom. The van der Waals surface area contributed by atoms with Crippen molar-refractivity contribution < 1.29 is 19.5 Å². The molecule has 0 aromatic carbocycles. The van der Waals surface area contributed by atoms with Crippen molar-refractivity contribution >= 4 is 11.9 Å². The summed E-state index contributed by atoms with van der Waals surface area (Å²) in [6, 6.07) is 0. The van der Waals surface area contributed by atoms with Gasteiger partial charge >= 0.3 is 11.9 Å². The summed E-state index contributed by atoms with van der Waals surface area (Å²) in [5.74, 6) is 1.76. The highest BCUT2D eigenvalue weighted by atomic mass is 16.7. The normalized spacial score (nSPS) is 8.11. The lowest BCUT2D eigenvalue weighted by molar-refractivity contribution is -0.144. The first-order chi connectivity index (χ1) is 4.09. The van der Waals surface area contributed by atoms with Crippen LogP contribution in [0.4, 0.5) is 0 Å². The molecule has 0 amide bonds. The van der Waals surface area contributed by atoms with Gasteiger partial charge in [-0.15, -0.1) is 0 Å². The molecule has 0 unspecified atom stereocenters. The summed E-state index contributed by atoms with van der Waals surface area (Å²) >= 11 is 0. The molecule has 0 aliphatic heterocycles. The number of hydrogen-bond donors (Lipinski definition) is 2. The van der Waals surface area contributed by atoms with Crippen LogP contribution in [0, 0.1) is 0 Å². The third-order valence-corrected chi connectivity index (χ3v) is 0.612. The lowest BCUT2D eigenvalue weighted by Gasteiger charge is -1.93. The van der Waals surface area contributed by atoms with Crippen molar-refractivity contribution in [3.8, 4) is 0 Å². The average molecular weight is 131 g/mol. The quantitative estimate of drug-likeness (QED) is 0.218. The molecular formula is C4H5NO4. The Morgan fingerprint density at radius 3 is 2.11 bits per heavy atom. The monoisotopic (exact) mass is 131 g/mol. The second kappa shape index (κ2) is 2.83. The fourth-order valence-electron chi connectivity index (χ4n) is 0.158. The summed E-state index contributed by atoms with van der Waals surface area (Å²) in [6.45, 7) is 2.87. The number of carbonyl (C=O) groups excluding carboxylic acids is 1. The van der Waals surface area contributed by atoms with E-state index in [9.17, 15) is 9.59 Å². The smallest absolute Gasteiger partial charge is 0.363 e. The van der Waals surface area contributed by atoms with Gasteiger partial charge in [-0.3, -0.25) is 0 Å². The predicted octanol–water partition coefficient (Wildman–Crippen LogP) is -0.956. The molecule has 9 heavy (non-hydrogen) atoms. The van der Waals surface area contributed by atoms with E-state index in [1.165, 1.54) is 0 Å². The zero-order valence-corrected chi connectivity index (χ0v) is 4.46. The highest BCUT2D eigenvalue weighted by Crippen LogP contribution is 1.89. The largest absolute Gasteiger partial charge is 0.477 e. The van der Waals surface area contributed by atoms with Gasteiger partial charge < -0.3 is 9.94 Å². The summed E-state index contributed by atoms with van der Waals surface area (Å²) in [7, 11) is 0. The number of aliphatic carboxylic acids is 1. The molecule has 3 N–H and O–H groups in total. The minimum absolute atomic E-state index is 0.683. The second-order valence-corrected chi connectivity index (χ2v) is 1.19. The van der Waals surface area contributed by atoms with Crippen molar-refractivity contribution in [3.05, 3.63) is 12.2 Å². The summed E-state index contributed by atoms with van der Waals surface area (Å²) < 4.78 is 0. The van der Waals surface area contributed by atoms with E-state index in [0.29, 0.717) is 0 Å². The predicted molar refractivity (Wildman–Crippen MR) is 27.1 cm³/mol. The van der Waals surface area contributed by atoms with Gasteiger partial charge in [-0.25, -0.2) is 9.59 Å². The summed E-state index contributed by atoms with van der Waals surface area (Å²) in [5, 5.41) is 8.03. The third kappa shape index (κ3) is 1.92. The zero-order chi connectivity index (χ0) is 7.44. The zero-order valence-electron chi connectivity index (χ0n) is 4.46. The van der Waals surface area contributed by atoms with Gasteiger partial charge in [0.1, 0.15) is 5.57 Å². The maximum Gasteiger partial charge on any atom is 0.363 e. The van der Waals surface area contributed by atoms with Crippen molar-refractivity contribution in [2.24, 2.45) is 5.90 Å². The van der Waals surface area contributed by atoms with Gasteiger partial charge in [0.15, 0.2) is 0 Å². The van der Waals surface area contributed by atoms with E-state index in [2.05, 4.69) is 17.3 Å². The molecule has 0 aromatic rings. The van der Waals surface area contributed by atoms with Crippen LogP contribution in [-0.4, -0.2) is 17.0 Å². The molecule has 0 spiro atoms. The van der Waals surface area contributed by atoms with Gasteiger partial charge in [0, 0.05) is 0 Å². The van der Waals surface area contributed by atoms with Crippen LogP contribution in [0.2, 0.25) is 0 Å². The van der Waals surface area contributed by atoms with Crippen LogP contribution >= 0.6 is 0 Å². The first kappa shape index (κ1) is 7.64. The minimum Gasteiger partial charge on any atom is -0.477 e. The number of carboxylic acids is 1. The summed E-state index contributed by atoms with van der Waals surface area (Å²) in [4.78, 5) is 23.5. The molecule has 5 heteroatoms. The van der Waals surface area contributed by atoms with E-state index in [1.54, 1.807) is 0 Å². The van der Waals surface area contributed by atoms with Crippen LogP contribution in [-0.2, 0) is 14.4 Å². The molecule has 0 saturated heterocycles. The molecule has 0 bridgehead atoms. The number of carbonyl (C=O) groups is 2. The Morgan fingerprint density at radius 2 is 2.00 bits per heavy atom. The molecular weight excluding hydrogens is 126 g/mol. The Bertz CT molecular complexity index is 162. The van der Waals surface area contributed by atoms with Gasteiger partial charge in [-0.2, -0.15) is 5.90 Å². The maximum atomic E-state index is 10.1. The van der Waals surface area contributed by atoms with Gasteiger partial charge in [-0.05, 0) is 0 Å². The highest BCUT2D eigenvalue weighted by Gasteiger charge is 2.14. The van der Waals surface area contributed by atoms with Crippen molar-refractivity contribution in [3.63, 3.8) is 0 Å². The number of nitrogens with two attached hydrogens (primary N) is 1. The van der Waals surface area contributed by atoms with E-state index in [-0.39, 0.29) is 0 Å². The van der Waals surface area contributed by atoms with Crippen molar-refractivity contribution in [2.75, 3.05) is 0 Å². The van der Waals surface area contributed by atoms with E-state index in [0.717, 1.165) is 0 Å². The van der Waals surface area contributed by atoms with Crippen molar-refractivity contribution in [2.45, 2.75) is 0 Å². The Labute approximate surface area is 50.7 Å². The fourth-order valence-corrected chi connectivity index (χ4v) is 0.158. The first-order valence-electron chi connectivity index (χ1n) is 1.93. The number of carboxylic acid groups (broad SMARTS) is 1. The van der Waals surface area contributed by atoms with Crippen LogP contribution in [0.25, 0.3) is 0 Å². The molecule has 0 rings (SSSR count). The first-order valence-corrected chi connectivity index (χ1v) is 1.93. The Kier molecular flexibility index (Phi) is 2.40. The lowest BCUT2D eigenvalue weighted by Crippen LogP contribution is -2.17. The third-order valence-electron chi connectivity index (χ3n) is 0.612. The van der Waals surface area contributed by atoms with Gasteiger partial charge in [0.25, 0.3) is 0 Å². The second-order valence-electron chi connectivity index (χ2n) is 1.19. The van der Waals surface area contributed by atoms with E-state index >= 15 is 0 Å². The van der Waals surface area contributed by atoms with Crippen LogP contribution in [0.3, 0.4) is 0 Å². The molecule has 0 fully saturated rings. The Hall–Kier alpha value is -1.36. The molecule has 5 nitrogen and oxygen atoms in total. The van der Waals surface area contributed by atoms with Crippen LogP contribution in [0.5, 0.6) is 0 Å². The number of hydrogen-bond acceptors (Lipinski definition) is 4. The standard InChI is InChI=1S/C4H5NO4/c1-2(3(6)7)4(8)9-5/h1,5H2,(H,6,7). The van der Waals surface area contributed by atoms with Gasteiger partial charge in [0.05, 0.1) is 0 Å². The molecule has 50 valence electrons. The molecule has 0 aliphatic rings. The average Bonchev–Trinajstić information content (AvgIpc) is 1.84.